The Hall–Kier alpha value is -2.74. The number of hydrogen-bond acceptors (Lipinski definition) is 7. The highest BCUT2D eigenvalue weighted by molar-refractivity contribution is 7.16. The lowest BCUT2D eigenvalue weighted by molar-refractivity contribution is -0.147. The Morgan fingerprint density at radius 3 is 2.77 bits per heavy atom. The largest absolute Gasteiger partial charge is 0.482 e. The van der Waals surface area contributed by atoms with E-state index in [0.29, 0.717) is 16.4 Å². The number of rotatable bonds is 6. The van der Waals surface area contributed by atoms with Gasteiger partial charge < -0.3 is 9.47 Å². The first kappa shape index (κ1) is 18.1. The van der Waals surface area contributed by atoms with Crippen molar-refractivity contribution >= 4 is 22.3 Å². The molecule has 8 heteroatoms. The van der Waals surface area contributed by atoms with Crippen molar-refractivity contribution in [3.05, 3.63) is 56.4 Å². The number of hydrogen-bond donors (Lipinski definition) is 0. The molecule has 0 aliphatic rings. The van der Waals surface area contributed by atoms with Gasteiger partial charge in [-0.3, -0.25) is 4.79 Å². The summed E-state index contributed by atoms with van der Waals surface area (Å²) in [6.45, 7) is 5.65. The first-order valence-corrected chi connectivity index (χ1v) is 9.02. The third-order valence-electron chi connectivity index (χ3n) is 3.86. The van der Waals surface area contributed by atoms with Crippen molar-refractivity contribution in [2.75, 3.05) is 6.61 Å². The molecule has 0 aliphatic heterocycles. The normalized spacial score (nSPS) is 10.9. The topological polar surface area (TPSA) is 82.8 Å². The number of ether oxygens (including phenoxy) is 2. The number of esters is 1. The highest BCUT2D eigenvalue weighted by Gasteiger charge is 2.10. The van der Waals surface area contributed by atoms with E-state index in [0.717, 1.165) is 22.6 Å². The third kappa shape index (κ3) is 4.08. The quantitative estimate of drug-likeness (QED) is 0.617. The molecule has 0 saturated heterocycles. The van der Waals surface area contributed by atoms with Crippen LogP contribution in [0.2, 0.25) is 0 Å². The van der Waals surface area contributed by atoms with E-state index in [1.54, 1.807) is 6.07 Å². The average Bonchev–Trinajstić information content (AvgIpc) is 3.05. The molecule has 0 unspecified atom stereocenters. The predicted octanol–water partition coefficient (Wildman–Crippen LogP) is 2.45. The summed E-state index contributed by atoms with van der Waals surface area (Å²) in [5.41, 5.74) is 2.34. The van der Waals surface area contributed by atoms with Crippen LogP contribution in [0.3, 0.4) is 0 Å². The summed E-state index contributed by atoms with van der Waals surface area (Å²) >= 11 is 1.35. The SMILES string of the molecule is CCc1nn2c(=O)cc(COC(=O)COc3ccc(C)c(C)c3)nc2s1. The maximum Gasteiger partial charge on any atom is 0.344 e. The average molecular weight is 373 g/mol. The molecule has 136 valence electrons. The molecular weight excluding hydrogens is 354 g/mol. The van der Waals surface area contributed by atoms with Crippen LogP contribution in [-0.2, 0) is 22.6 Å². The first-order chi connectivity index (χ1) is 12.5. The standard InChI is InChI=1S/C18H19N3O4S/c1-4-15-20-21-16(22)8-13(19-18(21)26-15)9-25-17(23)10-24-14-6-5-11(2)12(3)7-14/h5-8H,4,9-10H2,1-3H3. The zero-order chi connectivity index (χ0) is 18.7. The Morgan fingerprint density at radius 1 is 1.23 bits per heavy atom. The molecule has 0 fully saturated rings. The molecule has 3 rings (SSSR count). The second-order valence-electron chi connectivity index (χ2n) is 5.82. The zero-order valence-electron chi connectivity index (χ0n) is 14.8. The number of fused-ring (bicyclic) bond motifs is 1. The van der Waals surface area contributed by atoms with Gasteiger partial charge in [0.1, 0.15) is 17.4 Å². The second kappa shape index (κ2) is 7.65. The molecule has 0 saturated carbocycles. The van der Waals surface area contributed by atoms with Gasteiger partial charge in [-0.15, -0.1) is 0 Å². The van der Waals surface area contributed by atoms with E-state index in [1.807, 2.05) is 32.9 Å². The molecule has 3 aromatic rings. The second-order valence-corrected chi connectivity index (χ2v) is 6.87. The summed E-state index contributed by atoms with van der Waals surface area (Å²) in [7, 11) is 0. The van der Waals surface area contributed by atoms with Gasteiger partial charge in [-0.05, 0) is 43.5 Å². The number of aryl methyl sites for hydroxylation is 3. The van der Waals surface area contributed by atoms with E-state index in [2.05, 4.69) is 10.1 Å². The highest BCUT2D eigenvalue weighted by atomic mass is 32.1. The van der Waals surface area contributed by atoms with E-state index in [9.17, 15) is 9.59 Å². The van der Waals surface area contributed by atoms with Crippen molar-refractivity contribution in [3.63, 3.8) is 0 Å². The first-order valence-electron chi connectivity index (χ1n) is 8.20. The Kier molecular flexibility index (Phi) is 5.32. The number of carbonyl (C=O) groups is 1. The van der Waals surface area contributed by atoms with Crippen LogP contribution in [-0.4, -0.2) is 27.2 Å². The Morgan fingerprint density at radius 2 is 2.04 bits per heavy atom. The summed E-state index contributed by atoms with van der Waals surface area (Å²) in [5, 5.41) is 5.00. The lowest BCUT2D eigenvalue weighted by Crippen LogP contribution is -2.18. The van der Waals surface area contributed by atoms with Gasteiger partial charge in [-0.1, -0.05) is 24.3 Å². The zero-order valence-corrected chi connectivity index (χ0v) is 15.6. The molecule has 2 heterocycles. The minimum absolute atomic E-state index is 0.0831. The van der Waals surface area contributed by atoms with E-state index in [-0.39, 0.29) is 18.8 Å². The summed E-state index contributed by atoms with van der Waals surface area (Å²) < 4.78 is 11.8. The van der Waals surface area contributed by atoms with Crippen LogP contribution >= 0.6 is 11.3 Å². The van der Waals surface area contributed by atoms with Crippen LogP contribution in [0, 0.1) is 13.8 Å². The molecule has 0 bridgehead atoms. The van der Waals surface area contributed by atoms with E-state index in [4.69, 9.17) is 9.47 Å². The van der Waals surface area contributed by atoms with E-state index >= 15 is 0 Å². The lowest BCUT2D eigenvalue weighted by Gasteiger charge is -2.08. The van der Waals surface area contributed by atoms with Crippen molar-refractivity contribution in [3.8, 4) is 5.75 Å². The molecule has 0 spiro atoms. The molecule has 0 aliphatic carbocycles. The highest BCUT2D eigenvalue weighted by Crippen LogP contribution is 2.16. The fourth-order valence-electron chi connectivity index (χ4n) is 2.25. The smallest absolute Gasteiger partial charge is 0.344 e. The number of nitrogens with zero attached hydrogens (tertiary/aromatic N) is 3. The number of carbonyl (C=O) groups excluding carboxylic acids is 1. The van der Waals surface area contributed by atoms with Crippen molar-refractivity contribution in [2.45, 2.75) is 33.8 Å². The van der Waals surface area contributed by atoms with Crippen molar-refractivity contribution in [1.29, 1.82) is 0 Å². The summed E-state index contributed by atoms with van der Waals surface area (Å²) in [5.74, 6) is 0.0865. The maximum atomic E-state index is 12.0. The van der Waals surface area contributed by atoms with E-state index in [1.165, 1.54) is 21.9 Å². The molecule has 0 radical (unpaired) electrons. The lowest BCUT2D eigenvalue weighted by atomic mass is 10.1. The summed E-state index contributed by atoms with van der Waals surface area (Å²) in [6, 6.07) is 6.93. The molecule has 0 amide bonds. The molecule has 26 heavy (non-hydrogen) atoms. The monoisotopic (exact) mass is 373 g/mol. The van der Waals surface area contributed by atoms with Crippen LogP contribution in [0.15, 0.2) is 29.1 Å². The van der Waals surface area contributed by atoms with Gasteiger partial charge in [0.15, 0.2) is 6.61 Å². The third-order valence-corrected chi connectivity index (χ3v) is 4.91. The van der Waals surface area contributed by atoms with Gasteiger partial charge in [0.2, 0.25) is 4.96 Å². The van der Waals surface area contributed by atoms with Gasteiger partial charge in [-0.2, -0.15) is 9.61 Å². The van der Waals surface area contributed by atoms with E-state index < -0.39 is 5.97 Å². The molecular formula is C18H19N3O4S. The van der Waals surface area contributed by atoms with Gasteiger partial charge >= 0.3 is 5.97 Å². The van der Waals surface area contributed by atoms with Crippen LogP contribution in [0.5, 0.6) is 5.75 Å². The summed E-state index contributed by atoms with van der Waals surface area (Å²) in [6.07, 6.45) is 0.730. The number of benzene rings is 1. The fourth-order valence-corrected chi connectivity index (χ4v) is 3.11. The fraction of sp³-hybridized carbons (Fsp3) is 0.333. The maximum absolute atomic E-state index is 12.0. The summed E-state index contributed by atoms with van der Waals surface area (Å²) in [4.78, 5) is 28.7. The Balaban J connectivity index is 1.59. The minimum atomic E-state index is -0.524. The van der Waals surface area contributed by atoms with Gasteiger partial charge in [0.25, 0.3) is 5.56 Å². The van der Waals surface area contributed by atoms with Gasteiger partial charge in [0.05, 0.1) is 5.69 Å². The molecule has 0 N–H and O–H groups in total. The van der Waals surface area contributed by atoms with Gasteiger partial charge in [-0.25, -0.2) is 9.78 Å². The van der Waals surface area contributed by atoms with Crippen molar-refractivity contribution in [1.82, 2.24) is 14.6 Å². The Bertz CT molecular complexity index is 1010. The van der Waals surface area contributed by atoms with Crippen LogP contribution in [0.4, 0.5) is 0 Å². The Labute approximate surface area is 154 Å². The minimum Gasteiger partial charge on any atom is -0.482 e. The number of aromatic nitrogens is 3. The molecule has 0 atom stereocenters. The van der Waals surface area contributed by atoms with Crippen LogP contribution < -0.4 is 10.3 Å². The molecule has 1 aromatic carbocycles. The predicted molar refractivity (Wildman–Crippen MR) is 97.7 cm³/mol. The molecule has 7 nitrogen and oxygen atoms in total. The van der Waals surface area contributed by atoms with Crippen molar-refractivity contribution in [2.24, 2.45) is 0 Å². The van der Waals surface area contributed by atoms with Crippen LogP contribution in [0.25, 0.3) is 4.96 Å². The molecule has 2 aromatic heterocycles. The van der Waals surface area contributed by atoms with Crippen molar-refractivity contribution < 1.29 is 14.3 Å². The van der Waals surface area contributed by atoms with Gasteiger partial charge in [0, 0.05) is 6.07 Å². The van der Waals surface area contributed by atoms with Crippen LogP contribution in [0.1, 0.15) is 28.8 Å².